The molecule has 1 atom stereocenters. The lowest BCUT2D eigenvalue weighted by atomic mass is 10.0. The maximum Gasteiger partial charge on any atom is 0.255 e. The number of hydrogen-bond acceptors (Lipinski definition) is 5. The number of anilines is 1. The average Bonchev–Trinajstić information content (AvgIpc) is 3.47. The second kappa shape index (κ2) is 12.2. The number of aliphatic hydroxyl groups is 1. The molecule has 0 bridgehead atoms. The molecular weight excluding hydrogens is 538 g/mol. The second-order valence-electron chi connectivity index (χ2n) is 11.2. The van der Waals surface area contributed by atoms with Crippen LogP contribution in [0.15, 0.2) is 79.1 Å². The van der Waals surface area contributed by atoms with E-state index in [0.717, 1.165) is 64.8 Å². The third-order valence-corrected chi connectivity index (χ3v) is 8.14. The SMILES string of the molecule is CCCc1ccc(C(=O)Nc2cccc(-c3ncnc4[nH]c(-c5ccc(C(=O)N6CCCC(O)C6)cc5)cc34)c2C)cc1. The fourth-order valence-electron chi connectivity index (χ4n) is 5.76. The van der Waals surface area contributed by atoms with Gasteiger partial charge in [0.1, 0.15) is 12.0 Å². The molecule has 3 N–H and O–H groups in total. The maximum atomic E-state index is 13.0. The van der Waals surface area contributed by atoms with Gasteiger partial charge in [0, 0.05) is 46.5 Å². The van der Waals surface area contributed by atoms with Gasteiger partial charge in [0.05, 0.1) is 11.8 Å². The molecule has 8 nitrogen and oxygen atoms in total. The number of nitrogens with zero attached hydrogens (tertiary/aromatic N) is 3. The molecule has 5 aromatic rings. The lowest BCUT2D eigenvalue weighted by Gasteiger charge is -2.30. The quantitative estimate of drug-likeness (QED) is 0.209. The number of carbonyl (C=O) groups excluding carboxylic acids is 2. The molecule has 218 valence electrons. The third kappa shape index (κ3) is 5.92. The van der Waals surface area contributed by atoms with Gasteiger partial charge >= 0.3 is 0 Å². The molecule has 3 aromatic carbocycles. The summed E-state index contributed by atoms with van der Waals surface area (Å²) in [6.07, 6.45) is 4.68. The van der Waals surface area contributed by atoms with Crippen LogP contribution in [0.4, 0.5) is 5.69 Å². The molecule has 6 rings (SSSR count). The number of aromatic amines is 1. The predicted molar refractivity (Wildman–Crippen MR) is 169 cm³/mol. The number of amides is 2. The zero-order valence-corrected chi connectivity index (χ0v) is 24.4. The minimum absolute atomic E-state index is 0.0638. The van der Waals surface area contributed by atoms with Gasteiger partial charge in [-0.15, -0.1) is 0 Å². The van der Waals surface area contributed by atoms with Crippen molar-refractivity contribution < 1.29 is 14.7 Å². The zero-order chi connectivity index (χ0) is 29.9. The van der Waals surface area contributed by atoms with E-state index in [1.165, 1.54) is 11.9 Å². The Kier molecular flexibility index (Phi) is 8.03. The normalized spacial score (nSPS) is 15.0. The molecule has 1 aliphatic heterocycles. The summed E-state index contributed by atoms with van der Waals surface area (Å²) >= 11 is 0. The monoisotopic (exact) mass is 573 g/mol. The topological polar surface area (TPSA) is 111 Å². The van der Waals surface area contributed by atoms with E-state index in [9.17, 15) is 14.7 Å². The van der Waals surface area contributed by atoms with Crippen LogP contribution in [0.25, 0.3) is 33.5 Å². The summed E-state index contributed by atoms with van der Waals surface area (Å²) in [4.78, 5) is 40.2. The number of likely N-dealkylation sites (tertiary alicyclic amines) is 1. The Labute approximate surface area is 250 Å². The summed E-state index contributed by atoms with van der Waals surface area (Å²) < 4.78 is 0. The lowest BCUT2D eigenvalue weighted by molar-refractivity contribution is 0.0474. The minimum atomic E-state index is -0.457. The largest absolute Gasteiger partial charge is 0.391 e. The van der Waals surface area contributed by atoms with Crippen LogP contribution in [-0.4, -0.2) is 56.0 Å². The van der Waals surface area contributed by atoms with Crippen molar-refractivity contribution in [1.29, 1.82) is 0 Å². The average molecular weight is 574 g/mol. The van der Waals surface area contributed by atoms with Crippen molar-refractivity contribution in [3.8, 4) is 22.5 Å². The summed E-state index contributed by atoms with van der Waals surface area (Å²) in [5.41, 5.74) is 8.21. The van der Waals surface area contributed by atoms with Crippen LogP contribution in [0.2, 0.25) is 0 Å². The number of benzene rings is 3. The first-order valence-electron chi connectivity index (χ1n) is 14.8. The molecule has 0 saturated carbocycles. The van der Waals surface area contributed by atoms with Gasteiger partial charge in [-0.2, -0.15) is 0 Å². The van der Waals surface area contributed by atoms with E-state index in [1.807, 2.05) is 79.7 Å². The van der Waals surface area contributed by atoms with E-state index < -0.39 is 6.10 Å². The minimum Gasteiger partial charge on any atom is -0.391 e. The van der Waals surface area contributed by atoms with Gasteiger partial charge in [-0.3, -0.25) is 9.59 Å². The summed E-state index contributed by atoms with van der Waals surface area (Å²) in [7, 11) is 0. The number of rotatable bonds is 7. The number of piperidine rings is 1. The number of aliphatic hydroxyl groups excluding tert-OH is 1. The molecule has 1 fully saturated rings. The van der Waals surface area contributed by atoms with Crippen LogP contribution >= 0.6 is 0 Å². The van der Waals surface area contributed by atoms with Gasteiger partial charge in [0.15, 0.2) is 0 Å². The number of nitrogens with one attached hydrogen (secondary N) is 2. The van der Waals surface area contributed by atoms with E-state index >= 15 is 0 Å². The van der Waals surface area contributed by atoms with Crippen LogP contribution in [0.5, 0.6) is 0 Å². The number of β-amino-alcohol motifs (C(OH)–C–C–N with tert-alkyl or cyclic N) is 1. The summed E-state index contributed by atoms with van der Waals surface area (Å²) in [5, 5.41) is 13.9. The fraction of sp³-hybridized carbons (Fsp3) is 0.257. The predicted octanol–water partition coefficient (Wildman–Crippen LogP) is 6.40. The van der Waals surface area contributed by atoms with Crippen molar-refractivity contribution in [1.82, 2.24) is 19.9 Å². The molecule has 1 unspecified atom stereocenters. The highest BCUT2D eigenvalue weighted by Gasteiger charge is 2.23. The number of hydrogen-bond donors (Lipinski definition) is 3. The van der Waals surface area contributed by atoms with Gasteiger partial charge in [-0.25, -0.2) is 9.97 Å². The van der Waals surface area contributed by atoms with Gasteiger partial charge < -0.3 is 20.3 Å². The molecule has 1 saturated heterocycles. The van der Waals surface area contributed by atoms with Crippen molar-refractivity contribution in [3.05, 3.63) is 101 Å². The number of carbonyl (C=O) groups is 2. The van der Waals surface area contributed by atoms with Gasteiger partial charge in [-0.1, -0.05) is 49.7 Å². The van der Waals surface area contributed by atoms with Crippen molar-refractivity contribution in [2.75, 3.05) is 18.4 Å². The van der Waals surface area contributed by atoms with E-state index in [0.29, 0.717) is 29.9 Å². The summed E-state index contributed by atoms with van der Waals surface area (Å²) in [5.74, 6) is -0.218. The first-order valence-corrected chi connectivity index (χ1v) is 14.8. The van der Waals surface area contributed by atoms with Gasteiger partial charge in [0.2, 0.25) is 0 Å². The Morgan fingerprint density at radius 3 is 2.53 bits per heavy atom. The first kappa shape index (κ1) is 28.3. The standard InChI is InChI=1S/C35H35N5O3/c1-3-6-23-10-12-25(13-11-23)34(42)39-30-9-4-8-28(22(30)2)32-29-19-31(38-33(29)37-21-36-32)24-14-16-26(17-15-24)35(43)40-18-5-7-27(41)20-40/h4,8-17,19,21,27,41H,3,5-7,18,20H2,1-2H3,(H,39,42)(H,36,37,38). The van der Waals surface area contributed by atoms with Crippen molar-refractivity contribution >= 4 is 28.5 Å². The Morgan fingerprint density at radius 2 is 1.79 bits per heavy atom. The highest BCUT2D eigenvalue weighted by atomic mass is 16.3. The second-order valence-corrected chi connectivity index (χ2v) is 11.2. The zero-order valence-electron chi connectivity index (χ0n) is 24.4. The highest BCUT2D eigenvalue weighted by molar-refractivity contribution is 6.05. The third-order valence-electron chi connectivity index (χ3n) is 8.14. The van der Waals surface area contributed by atoms with Crippen LogP contribution in [0.3, 0.4) is 0 Å². The van der Waals surface area contributed by atoms with Gasteiger partial charge in [0.25, 0.3) is 11.8 Å². The Bertz CT molecular complexity index is 1780. The number of aryl methyl sites for hydroxylation is 1. The fourth-order valence-corrected chi connectivity index (χ4v) is 5.76. The number of fused-ring (bicyclic) bond motifs is 1. The molecule has 8 heteroatoms. The Hall–Kier alpha value is -4.82. The first-order chi connectivity index (χ1) is 20.9. The van der Waals surface area contributed by atoms with Crippen molar-refractivity contribution in [3.63, 3.8) is 0 Å². The van der Waals surface area contributed by atoms with E-state index in [1.54, 1.807) is 4.90 Å². The maximum absolute atomic E-state index is 13.0. The van der Waals surface area contributed by atoms with Crippen LogP contribution in [0.1, 0.15) is 58.0 Å². The molecule has 0 spiro atoms. The lowest BCUT2D eigenvalue weighted by Crippen LogP contribution is -2.42. The Morgan fingerprint density at radius 1 is 1.02 bits per heavy atom. The van der Waals surface area contributed by atoms with Gasteiger partial charge in [-0.05, 0) is 79.3 Å². The van der Waals surface area contributed by atoms with Crippen LogP contribution < -0.4 is 5.32 Å². The molecule has 2 amide bonds. The molecule has 3 heterocycles. The molecule has 2 aromatic heterocycles. The van der Waals surface area contributed by atoms with E-state index in [2.05, 4.69) is 27.2 Å². The molecular formula is C35H35N5O3. The van der Waals surface area contributed by atoms with Crippen molar-refractivity contribution in [2.24, 2.45) is 0 Å². The van der Waals surface area contributed by atoms with E-state index in [4.69, 9.17) is 0 Å². The molecule has 43 heavy (non-hydrogen) atoms. The Balaban J connectivity index is 1.25. The number of H-pyrrole nitrogens is 1. The van der Waals surface area contributed by atoms with E-state index in [-0.39, 0.29) is 11.8 Å². The molecule has 0 radical (unpaired) electrons. The molecule has 1 aliphatic rings. The highest BCUT2D eigenvalue weighted by Crippen LogP contribution is 2.34. The summed E-state index contributed by atoms with van der Waals surface area (Å²) in [6, 6.07) is 23.1. The number of aromatic nitrogens is 3. The smallest absolute Gasteiger partial charge is 0.255 e. The van der Waals surface area contributed by atoms with Crippen LogP contribution in [-0.2, 0) is 6.42 Å². The summed E-state index contributed by atoms with van der Waals surface area (Å²) in [6.45, 7) is 5.16. The molecule has 0 aliphatic carbocycles. The van der Waals surface area contributed by atoms with Crippen molar-refractivity contribution in [2.45, 2.75) is 45.6 Å². The van der Waals surface area contributed by atoms with Crippen LogP contribution in [0, 0.1) is 6.92 Å².